The van der Waals surface area contributed by atoms with E-state index in [0.29, 0.717) is 11.5 Å². The van der Waals surface area contributed by atoms with Gasteiger partial charge in [-0.3, -0.25) is 4.89 Å². The van der Waals surface area contributed by atoms with Crippen LogP contribution in [0.1, 0.15) is 88.6 Å². The minimum Gasteiger partial charge on any atom is -0.292 e. The van der Waals surface area contributed by atoms with Gasteiger partial charge in [0.1, 0.15) is 0 Å². The first kappa shape index (κ1) is 20.0. The first-order chi connectivity index (χ1) is 11.9. The zero-order valence-corrected chi connectivity index (χ0v) is 16.3. The highest BCUT2D eigenvalue weighted by Crippen LogP contribution is 2.43. The monoisotopic (exact) mass is 345 g/mol. The number of hydrogen-bond acceptors (Lipinski definition) is 3. The van der Waals surface area contributed by atoms with Crippen molar-refractivity contribution in [1.29, 1.82) is 0 Å². The van der Waals surface area contributed by atoms with Gasteiger partial charge in [-0.05, 0) is 48.8 Å². The van der Waals surface area contributed by atoms with E-state index in [1.165, 1.54) is 31.2 Å². The van der Waals surface area contributed by atoms with Gasteiger partial charge in [0.25, 0.3) is 0 Å². The third kappa shape index (κ3) is 6.14. The third-order valence-electron chi connectivity index (χ3n) is 5.08. The maximum atomic E-state index is 12.3. The summed E-state index contributed by atoms with van der Waals surface area (Å²) in [6, 6.07) is 7.69. The molecule has 0 bridgehead atoms. The van der Waals surface area contributed by atoms with Crippen molar-refractivity contribution in [3.05, 3.63) is 41.5 Å². The van der Waals surface area contributed by atoms with Gasteiger partial charge in [-0.15, -0.1) is 0 Å². The summed E-state index contributed by atoms with van der Waals surface area (Å²) < 4.78 is 0. The molecule has 3 nitrogen and oxygen atoms in total. The Morgan fingerprint density at radius 3 is 2.48 bits per heavy atom. The van der Waals surface area contributed by atoms with Crippen molar-refractivity contribution in [3.8, 4) is 0 Å². The van der Waals surface area contributed by atoms with E-state index in [0.717, 1.165) is 31.8 Å². The number of rotatable bonds is 7. The highest BCUT2D eigenvalue weighted by molar-refractivity contribution is 5.88. The van der Waals surface area contributed by atoms with Crippen LogP contribution in [0.5, 0.6) is 0 Å². The molecule has 1 unspecified atom stereocenters. The fourth-order valence-corrected chi connectivity index (χ4v) is 3.52. The van der Waals surface area contributed by atoms with Crippen LogP contribution >= 0.6 is 0 Å². The molecule has 0 saturated heterocycles. The van der Waals surface area contributed by atoms with Gasteiger partial charge in [0.15, 0.2) is 6.10 Å². The van der Waals surface area contributed by atoms with Crippen molar-refractivity contribution in [2.24, 2.45) is 11.3 Å². The predicted molar refractivity (Wildman–Crippen MR) is 101 cm³/mol. The summed E-state index contributed by atoms with van der Waals surface area (Å²) >= 11 is 0. The fraction of sp³-hybridized carbons (Fsp3) is 0.636. The Hall–Kier alpha value is -1.35. The predicted octanol–water partition coefficient (Wildman–Crippen LogP) is 6.28. The molecule has 1 aromatic carbocycles. The van der Waals surface area contributed by atoms with Crippen molar-refractivity contribution < 1.29 is 14.6 Å². The van der Waals surface area contributed by atoms with E-state index >= 15 is 0 Å². The van der Waals surface area contributed by atoms with Gasteiger partial charge >= 0.3 is 5.97 Å². The first-order valence-electron chi connectivity index (χ1n) is 9.75. The van der Waals surface area contributed by atoms with E-state index in [1.807, 2.05) is 24.3 Å². The maximum absolute atomic E-state index is 12.3. The van der Waals surface area contributed by atoms with E-state index in [-0.39, 0.29) is 5.41 Å². The Morgan fingerprint density at radius 1 is 1.12 bits per heavy atom. The average Bonchev–Trinajstić information content (AvgIpc) is 2.60. The molecule has 1 fully saturated rings. The second-order valence-corrected chi connectivity index (χ2v) is 8.24. The lowest BCUT2D eigenvalue weighted by molar-refractivity contribution is -0.252. The Balaban J connectivity index is 1.86. The molecule has 139 valence electrons. The molecule has 0 aliphatic heterocycles. The lowest BCUT2D eigenvalue weighted by Gasteiger charge is -2.37. The number of carbonyl (C=O) groups is 1. The molecular weight excluding hydrogens is 312 g/mol. The lowest BCUT2D eigenvalue weighted by atomic mass is 9.71. The van der Waals surface area contributed by atoms with Crippen LogP contribution in [0.2, 0.25) is 0 Å². The lowest BCUT2D eigenvalue weighted by Crippen LogP contribution is -2.31. The topological polar surface area (TPSA) is 35.5 Å². The molecule has 1 radical (unpaired) electrons. The van der Waals surface area contributed by atoms with E-state index < -0.39 is 5.97 Å². The van der Waals surface area contributed by atoms with Gasteiger partial charge < -0.3 is 0 Å². The van der Waals surface area contributed by atoms with Gasteiger partial charge in [-0.1, -0.05) is 65.5 Å². The van der Waals surface area contributed by atoms with Gasteiger partial charge in [-0.25, -0.2) is 4.79 Å². The summed E-state index contributed by atoms with van der Waals surface area (Å²) in [6.45, 7) is 8.84. The van der Waals surface area contributed by atoms with Crippen molar-refractivity contribution >= 4 is 5.97 Å². The minimum atomic E-state index is -0.411. The van der Waals surface area contributed by atoms with Gasteiger partial charge in [-0.2, -0.15) is 4.89 Å². The van der Waals surface area contributed by atoms with Gasteiger partial charge in [0.2, 0.25) is 0 Å². The van der Waals surface area contributed by atoms with Crippen LogP contribution in [-0.2, 0) is 16.2 Å². The van der Waals surface area contributed by atoms with Crippen LogP contribution < -0.4 is 0 Å². The molecule has 1 aliphatic rings. The molecular formula is C22H33O3. The Kier molecular flexibility index (Phi) is 7.49. The number of carbonyl (C=O) groups excluding carboxylic acids is 1. The zero-order chi connectivity index (χ0) is 18.3. The van der Waals surface area contributed by atoms with E-state index in [4.69, 9.17) is 9.78 Å². The molecule has 1 saturated carbocycles. The zero-order valence-electron chi connectivity index (χ0n) is 16.3. The Morgan fingerprint density at radius 2 is 1.84 bits per heavy atom. The molecule has 0 aromatic heterocycles. The molecule has 2 rings (SSSR count). The summed E-state index contributed by atoms with van der Waals surface area (Å²) in [5, 5.41) is 0. The smallest absolute Gasteiger partial charge is 0.292 e. The van der Waals surface area contributed by atoms with Crippen LogP contribution in [0, 0.1) is 17.4 Å². The van der Waals surface area contributed by atoms with E-state index in [1.54, 1.807) is 0 Å². The van der Waals surface area contributed by atoms with Crippen LogP contribution in [0.25, 0.3) is 0 Å². The molecule has 0 amide bonds. The average molecular weight is 346 g/mol. The Labute approximate surface area is 153 Å². The molecule has 1 atom stereocenters. The third-order valence-corrected chi connectivity index (χ3v) is 5.08. The summed E-state index contributed by atoms with van der Waals surface area (Å²) in [5.41, 5.74) is 1.94. The normalized spacial score (nSPS) is 19.0. The highest BCUT2D eigenvalue weighted by Gasteiger charge is 2.37. The number of unbranched alkanes of at least 4 members (excludes halogenated alkanes) is 2. The van der Waals surface area contributed by atoms with Gasteiger partial charge in [0.05, 0.1) is 5.56 Å². The van der Waals surface area contributed by atoms with Crippen molar-refractivity contribution in [3.63, 3.8) is 0 Å². The molecule has 25 heavy (non-hydrogen) atoms. The second-order valence-electron chi connectivity index (χ2n) is 8.24. The van der Waals surface area contributed by atoms with Gasteiger partial charge in [0, 0.05) is 5.92 Å². The number of hydrogen-bond donors (Lipinski definition) is 0. The minimum absolute atomic E-state index is 0.127. The molecule has 0 N–H and O–H groups in total. The first-order valence-corrected chi connectivity index (χ1v) is 9.75. The number of aryl methyl sites for hydroxylation is 1. The quantitative estimate of drug-likeness (QED) is 0.331. The molecule has 0 spiro atoms. The maximum Gasteiger partial charge on any atom is 0.373 e. The van der Waals surface area contributed by atoms with Crippen molar-refractivity contribution in [1.82, 2.24) is 0 Å². The second kappa shape index (κ2) is 9.38. The van der Waals surface area contributed by atoms with Crippen LogP contribution in [0.15, 0.2) is 24.3 Å². The summed E-state index contributed by atoms with van der Waals surface area (Å²) in [5.74, 6) is -0.0687. The SMILES string of the molecule is CCCCCc1ccc(C(=O)OO[C]2CCCCC2C(C)(C)C)cc1. The molecule has 1 aromatic rings. The van der Waals surface area contributed by atoms with Crippen LogP contribution in [0.3, 0.4) is 0 Å². The van der Waals surface area contributed by atoms with Crippen molar-refractivity contribution in [2.45, 2.75) is 79.1 Å². The largest absolute Gasteiger partial charge is 0.373 e. The summed E-state index contributed by atoms with van der Waals surface area (Å²) in [6.07, 6.45) is 9.92. The summed E-state index contributed by atoms with van der Waals surface area (Å²) in [7, 11) is 0. The molecule has 1 aliphatic carbocycles. The highest BCUT2D eigenvalue weighted by atomic mass is 17.2. The fourth-order valence-electron chi connectivity index (χ4n) is 3.52. The Bertz CT molecular complexity index is 527. The number of benzene rings is 1. The van der Waals surface area contributed by atoms with Crippen molar-refractivity contribution in [2.75, 3.05) is 0 Å². The standard InChI is InChI=1S/C22H33O3/c1-5-6-7-10-17-13-15-18(16-14-17)21(23)25-24-20-12-9-8-11-19(20)22(2,3)4/h13-16,19H,5-12H2,1-4H3. The van der Waals surface area contributed by atoms with E-state index in [9.17, 15) is 4.79 Å². The summed E-state index contributed by atoms with van der Waals surface area (Å²) in [4.78, 5) is 22.9. The van der Waals surface area contributed by atoms with Crippen LogP contribution in [-0.4, -0.2) is 5.97 Å². The van der Waals surface area contributed by atoms with E-state index in [2.05, 4.69) is 27.7 Å². The molecule has 3 heteroatoms. The molecule has 0 heterocycles. The van der Waals surface area contributed by atoms with Crippen LogP contribution in [0.4, 0.5) is 0 Å².